The molecule has 2 aromatic rings. The van der Waals surface area contributed by atoms with Gasteiger partial charge in [-0.2, -0.15) is 0 Å². The van der Waals surface area contributed by atoms with Crippen molar-refractivity contribution in [3.05, 3.63) is 34.5 Å². The summed E-state index contributed by atoms with van der Waals surface area (Å²) in [6.07, 6.45) is 0. The maximum atomic E-state index is 13.0. The Morgan fingerprint density at radius 1 is 1.30 bits per heavy atom. The molecule has 1 aromatic carbocycles. The quantitative estimate of drug-likeness (QED) is 0.761. The molecule has 1 aromatic heterocycles. The molecule has 4 N–H and O–H groups in total. The van der Waals surface area contributed by atoms with Crippen LogP contribution in [0.3, 0.4) is 0 Å². The van der Waals surface area contributed by atoms with Gasteiger partial charge < -0.3 is 16.4 Å². The van der Waals surface area contributed by atoms with E-state index in [0.29, 0.717) is 17.3 Å². The molecule has 0 saturated heterocycles. The van der Waals surface area contributed by atoms with Crippen molar-refractivity contribution in [1.82, 2.24) is 4.98 Å². The number of amides is 1. The number of nitrogens with one attached hydrogen (secondary N) is 2. The van der Waals surface area contributed by atoms with Gasteiger partial charge in [-0.1, -0.05) is 11.3 Å². The Labute approximate surface area is 115 Å². The van der Waals surface area contributed by atoms with Crippen LogP contribution in [0.5, 0.6) is 0 Å². The molecule has 0 radical (unpaired) electrons. The zero-order valence-corrected chi connectivity index (χ0v) is 10.9. The van der Waals surface area contributed by atoms with Crippen LogP contribution in [0, 0.1) is 17.5 Å². The van der Waals surface area contributed by atoms with Crippen LogP contribution in [-0.2, 0) is 0 Å². The van der Waals surface area contributed by atoms with Gasteiger partial charge in [-0.25, -0.2) is 18.2 Å². The summed E-state index contributed by atoms with van der Waals surface area (Å²) in [5.41, 5.74) is 5.33. The van der Waals surface area contributed by atoms with Crippen LogP contribution in [0.4, 0.5) is 29.8 Å². The fourth-order valence-electron chi connectivity index (χ4n) is 1.42. The van der Waals surface area contributed by atoms with Gasteiger partial charge in [0.1, 0.15) is 10.7 Å². The molecule has 0 aliphatic carbocycles. The Kier molecular flexibility index (Phi) is 3.79. The van der Waals surface area contributed by atoms with Crippen LogP contribution in [-0.4, -0.2) is 17.9 Å². The summed E-state index contributed by atoms with van der Waals surface area (Å²) in [6.45, 7) is 0. The van der Waals surface area contributed by atoms with Crippen LogP contribution in [0.25, 0.3) is 0 Å². The lowest BCUT2D eigenvalue weighted by Gasteiger charge is -2.05. The Morgan fingerprint density at radius 3 is 2.40 bits per heavy atom. The molecule has 0 aliphatic rings. The maximum absolute atomic E-state index is 13.0. The van der Waals surface area contributed by atoms with Crippen molar-refractivity contribution in [3.8, 4) is 0 Å². The first-order chi connectivity index (χ1) is 9.42. The number of halogens is 3. The fourth-order valence-corrected chi connectivity index (χ4v) is 2.15. The summed E-state index contributed by atoms with van der Waals surface area (Å²) < 4.78 is 38.8. The Hall–Kier alpha value is -2.29. The van der Waals surface area contributed by atoms with E-state index in [1.807, 2.05) is 0 Å². The van der Waals surface area contributed by atoms with E-state index in [2.05, 4.69) is 15.6 Å². The highest BCUT2D eigenvalue weighted by Gasteiger charge is 2.18. The lowest BCUT2D eigenvalue weighted by molar-refractivity contribution is 0.103. The number of anilines is 3. The predicted molar refractivity (Wildman–Crippen MR) is 70.3 cm³/mol. The Balaban J connectivity index is 2.25. The van der Waals surface area contributed by atoms with Gasteiger partial charge in [0.15, 0.2) is 22.6 Å². The van der Waals surface area contributed by atoms with E-state index in [4.69, 9.17) is 5.73 Å². The molecule has 20 heavy (non-hydrogen) atoms. The SMILES string of the molecule is CNc1nc(N)c(C(=O)Nc2cc(F)c(F)c(F)c2)s1. The van der Waals surface area contributed by atoms with Crippen molar-refractivity contribution in [2.75, 3.05) is 23.4 Å². The van der Waals surface area contributed by atoms with Gasteiger partial charge in [0.2, 0.25) is 0 Å². The molecule has 0 atom stereocenters. The highest BCUT2D eigenvalue weighted by atomic mass is 32.1. The molecule has 106 valence electrons. The van der Waals surface area contributed by atoms with Crippen LogP contribution >= 0.6 is 11.3 Å². The van der Waals surface area contributed by atoms with E-state index in [-0.39, 0.29) is 16.4 Å². The number of nitrogens with two attached hydrogens (primary N) is 1. The van der Waals surface area contributed by atoms with Crippen molar-refractivity contribution >= 4 is 33.9 Å². The molecule has 0 unspecified atom stereocenters. The summed E-state index contributed by atoms with van der Waals surface area (Å²) >= 11 is 0.978. The first-order valence-corrected chi connectivity index (χ1v) is 6.14. The fraction of sp³-hybridized carbons (Fsp3) is 0.0909. The van der Waals surface area contributed by atoms with Gasteiger partial charge in [0, 0.05) is 24.9 Å². The number of carbonyl (C=O) groups excluding carboxylic acids is 1. The minimum Gasteiger partial charge on any atom is -0.382 e. The Bertz CT molecular complexity index is 651. The number of rotatable bonds is 3. The van der Waals surface area contributed by atoms with Crippen LogP contribution in [0.15, 0.2) is 12.1 Å². The van der Waals surface area contributed by atoms with Crippen LogP contribution in [0.2, 0.25) is 0 Å². The summed E-state index contributed by atoms with van der Waals surface area (Å²) in [5, 5.41) is 5.35. The molecule has 0 saturated carbocycles. The second kappa shape index (κ2) is 5.37. The summed E-state index contributed by atoms with van der Waals surface area (Å²) in [6, 6.07) is 1.35. The molecule has 9 heteroatoms. The average molecular weight is 302 g/mol. The Morgan fingerprint density at radius 2 is 1.90 bits per heavy atom. The molecule has 5 nitrogen and oxygen atoms in total. The van der Waals surface area contributed by atoms with Crippen molar-refractivity contribution in [1.29, 1.82) is 0 Å². The van der Waals surface area contributed by atoms with Gasteiger partial charge in [-0.15, -0.1) is 0 Å². The number of benzene rings is 1. The number of aromatic nitrogens is 1. The van der Waals surface area contributed by atoms with Crippen LogP contribution < -0.4 is 16.4 Å². The first kappa shape index (κ1) is 14.1. The number of hydrogen-bond donors (Lipinski definition) is 3. The average Bonchev–Trinajstić information content (AvgIpc) is 2.77. The topological polar surface area (TPSA) is 80.0 Å². The third-order valence-electron chi connectivity index (χ3n) is 2.32. The summed E-state index contributed by atoms with van der Waals surface area (Å²) in [5.74, 6) is -5.09. The van der Waals surface area contributed by atoms with Gasteiger partial charge in [0.25, 0.3) is 5.91 Å². The molecule has 0 aliphatic heterocycles. The third-order valence-corrected chi connectivity index (χ3v) is 3.40. The van der Waals surface area contributed by atoms with Crippen molar-refractivity contribution < 1.29 is 18.0 Å². The smallest absolute Gasteiger partial charge is 0.269 e. The van der Waals surface area contributed by atoms with E-state index in [1.54, 1.807) is 7.05 Å². The number of nitrogen functional groups attached to an aromatic ring is 1. The molecule has 0 bridgehead atoms. The number of nitrogens with zero attached hydrogens (tertiary/aromatic N) is 1. The molecular formula is C11H9F3N4OS. The summed E-state index contributed by atoms with van der Waals surface area (Å²) in [4.78, 5) is 15.8. The third kappa shape index (κ3) is 2.67. The number of carbonyl (C=O) groups is 1. The van der Waals surface area contributed by atoms with E-state index in [9.17, 15) is 18.0 Å². The minimum absolute atomic E-state index is 0.0140. The largest absolute Gasteiger partial charge is 0.382 e. The van der Waals surface area contributed by atoms with E-state index >= 15 is 0 Å². The van der Waals surface area contributed by atoms with Gasteiger partial charge in [0.05, 0.1) is 0 Å². The van der Waals surface area contributed by atoms with E-state index in [0.717, 1.165) is 11.3 Å². The van der Waals surface area contributed by atoms with Crippen molar-refractivity contribution in [3.63, 3.8) is 0 Å². The van der Waals surface area contributed by atoms with Crippen LogP contribution in [0.1, 0.15) is 9.67 Å². The van der Waals surface area contributed by atoms with E-state index < -0.39 is 23.4 Å². The predicted octanol–water partition coefficient (Wildman–Crippen LogP) is 2.44. The normalized spacial score (nSPS) is 10.4. The first-order valence-electron chi connectivity index (χ1n) is 5.32. The zero-order valence-electron chi connectivity index (χ0n) is 10.1. The summed E-state index contributed by atoms with van der Waals surface area (Å²) in [7, 11) is 1.60. The molecule has 0 spiro atoms. The molecular weight excluding hydrogens is 293 g/mol. The zero-order chi connectivity index (χ0) is 14.9. The number of hydrogen-bond acceptors (Lipinski definition) is 5. The number of thiazole rings is 1. The van der Waals surface area contributed by atoms with Gasteiger partial charge in [-0.3, -0.25) is 4.79 Å². The molecule has 2 rings (SSSR count). The highest BCUT2D eigenvalue weighted by molar-refractivity contribution is 7.18. The van der Waals surface area contributed by atoms with Crippen molar-refractivity contribution in [2.24, 2.45) is 0 Å². The second-order valence-corrected chi connectivity index (χ2v) is 4.69. The lowest BCUT2D eigenvalue weighted by Crippen LogP contribution is -2.13. The monoisotopic (exact) mass is 302 g/mol. The molecule has 0 fully saturated rings. The molecule has 1 heterocycles. The van der Waals surface area contributed by atoms with Crippen molar-refractivity contribution in [2.45, 2.75) is 0 Å². The second-order valence-electron chi connectivity index (χ2n) is 3.69. The maximum Gasteiger partial charge on any atom is 0.269 e. The standard InChI is InChI=1S/C11H9F3N4OS/c1-16-11-18-9(15)8(20-11)10(19)17-4-2-5(12)7(14)6(13)3-4/h2-3H,15H2,1H3,(H,16,18)(H,17,19). The minimum atomic E-state index is -1.60. The van der Waals surface area contributed by atoms with Gasteiger partial charge >= 0.3 is 0 Å². The molecule has 1 amide bonds. The highest BCUT2D eigenvalue weighted by Crippen LogP contribution is 2.26. The van der Waals surface area contributed by atoms with E-state index in [1.165, 1.54) is 0 Å². The van der Waals surface area contributed by atoms with Gasteiger partial charge in [-0.05, 0) is 0 Å². The lowest BCUT2D eigenvalue weighted by atomic mass is 10.2.